The fourth-order valence-electron chi connectivity index (χ4n) is 4.57. The Morgan fingerprint density at radius 2 is 0.911 bits per heavy atom. The average molecular weight is 1460 g/mol. The van der Waals surface area contributed by atoms with Crippen LogP contribution in [0.3, 0.4) is 0 Å². The lowest BCUT2D eigenvalue weighted by atomic mass is 10.1. The van der Waals surface area contributed by atoms with Crippen LogP contribution in [0, 0.1) is 21.4 Å². The Bertz CT molecular complexity index is 1820. The average Bonchev–Trinajstić information content (AvgIpc) is 3.16. The monoisotopic (exact) mass is 1460 g/mol. The lowest BCUT2D eigenvalue weighted by Crippen LogP contribution is -2.39. The minimum Gasteiger partial charge on any atom is -0.395 e. The molecule has 0 radical (unpaired) electrons. The summed E-state index contributed by atoms with van der Waals surface area (Å²) >= 11 is 10.9. The number of halogens is 6. The van der Waals surface area contributed by atoms with Gasteiger partial charge in [-0.05, 0) is 142 Å². The van der Waals surface area contributed by atoms with E-state index in [9.17, 15) is 59.4 Å². The van der Waals surface area contributed by atoms with Gasteiger partial charge in [-0.2, -0.15) is 0 Å². The molecule has 0 saturated heterocycles. The van der Waals surface area contributed by atoms with Gasteiger partial charge >= 0.3 is 0 Å². The van der Waals surface area contributed by atoms with Crippen LogP contribution in [0.5, 0.6) is 0 Å². The number of aliphatic hydroxyl groups excluding tert-OH is 7. The van der Waals surface area contributed by atoms with Gasteiger partial charge in [0.25, 0.3) is 23.6 Å². The molecule has 0 aliphatic carbocycles. The standard InChI is InChI=1S/C31H36I6N6O13/c32-20-16(22(34)26(41-14(51)10-47)23(35)17(20)29(54)39-6-12(49)8-45)28(53)38-2-1-3-43(4-5-44)31(56)19-21(33)18(30(55)40-7-13(50)9-46)24(36)27(25(19)37)42-15(52)11-48/h12-13,44-50H,1-11H2,(H,38,53)(H,39,54)(H,40,55)(H,41,51)(H,42,52). The van der Waals surface area contributed by atoms with Gasteiger partial charge < -0.3 is 67.2 Å². The van der Waals surface area contributed by atoms with Crippen LogP contribution in [0.25, 0.3) is 0 Å². The SMILES string of the molecule is O=C(CO)Nc1c(I)c(C(=O)NCCCN(CCO)C(=O)c2c(I)c(NC(=O)CO)c(I)c(C(=O)NCC(O)CO)c2I)c(I)c(C(=O)NCC(O)CO)c1I. The van der Waals surface area contributed by atoms with Crippen molar-refractivity contribution in [1.82, 2.24) is 20.9 Å². The van der Waals surface area contributed by atoms with E-state index >= 15 is 0 Å². The van der Waals surface area contributed by atoms with E-state index < -0.39 is 80.7 Å². The van der Waals surface area contributed by atoms with Gasteiger partial charge in [-0.3, -0.25) is 28.8 Å². The van der Waals surface area contributed by atoms with Gasteiger partial charge in [0.05, 0.1) is 79.9 Å². The first kappa shape index (κ1) is 51.5. The number of amides is 6. The van der Waals surface area contributed by atoms with Gasteiger partial charge in [-0.25, -0.2) is 0 Å². The third-order valence-corrected chi connectivity index (χ3v) is 13.8. The Morgan fingerprint density at radius 1 is 0.536 bits per heavy atom. The molecule has 0 aliphatic rings. The topological polar surface area (TPSA) is 307 Å². The summed E-state index contributed by atoms with van der Waals surface area (Å²) in [6.45, 7) is -4.33. The first-order valence-electron chi connectivity index (χ1n) is 16.0. The van der Waals surface area contributed by atoms with Crippen LogP contribution in [0.1, 0.15) is 47.9 Å². The molecule has 2 atom stereocenters. The van der Waals surface area contributed by atoms with Crippen molar-refractivity contribution >= 4 is 182 Å². The molecule has 6 amide bonds. The summed E-state index contributed by atoms with van der Waals surface area (Å²) in [5.41, 5.74) is 0.100. The number of aliphatic hydroxyl groups is 7. The van der Waals surface area contributed by atoms with E-state index in [1.807, 2.05) is 67.8 Å². The zero-order valence-electron chi connectivity index (χ0n) is 28.7. The number of rotatable bonds is 20. The second-order valence-corrected chi connectivity index (χ2v) is 17.7. The summed E-state index contributed by atoms with van der Waals surface area (Å²) in [7, 11) is 0. The van der Waals surface area contributed by atoms with Crippen molar-refractivity contribution in [3.05, 3.63) is 43.7 Å². The summed E-state index contributed by atoms with van der Waals surface area (Å²) < 4.78 is 1.31. The van der Waals surface area contributed by atoms with Crippen molar-refractivity contribution in [3.8, 4) is 0 Å². The lowest BCUT2D eigenvalue weighted by Gasteiger charge is -2.26. The van der Waals surface area contributed by atoms with Crippen molar-refractivity contribution in [2.24, 2.45) is 0 Å². The molecule has 2 aromatic rings. The quantitative estimate of drug-likeness (QED) is 0.0594. The minimum absolute atomic E-state index is 0.00812. The predicted molar refractivity (Wildman–Crippen MR) is 251 cm³/mol. The number of hydrogen-bond donors (Lipinski definition) is 12. The van der Waals surface area contributed by atoms with Crippen molar-refractivity contribution in [1.29, 1.82) is 0 Å². The van der Waals surface area contributed by atoms with E-state index in [0.29, 0.717) is 0 Å². The molecule has 310 valence electrons. The molecule has 56 heavy (non-hydrogen) atoms. The highest BCUT2D eigenvalue weighted by molar-refractivity contribution is 14.1. The number of benzene rings is 2. The van der Waals surface area contributed by atoms with Crippen molar-refractivity contribution in [3.63, 3.8) is 0 Å². The first-order chi connectivity index (χ1) is 26.4. The highest BCUT2D eigenvalue weighted by Gasteiger charge is 2.32. The number of carbonyl (C=O) groups excluding carboxylic acids is 6. The summed E-state index contributed by atoms with van der Waals surface area (Å²) in [5.74, 6) is -4.37. The second kappa shape index (κ2) is 25.2. The highest BCUT2D eigenvalue weighted by atomic mass is 127. The highest BCUT2D eigenvalue weighted by Crippen LogP contribution is 2.37. The third-order valence-electron chi connectivity index (χ3n) is 7.31. The Kier molecular flexibility index (Phi) is 23.2. The van der Waals surface area contributed by atoms with Gasteiger partial charge in [-0.1, -0.05) is 0 Å². The van der Waals surface area contributed by atoms with E-state index in [2.05, 4.69) is 26.6 Å². The molecule has 0 fully saturated rings. The molecule has 19 nitrogen and oxygen atoms in total. The number of anilines is 2. The van der Waals surface area contributed by atoms with Gasteiger partial charge in [0.1, 0.15) is 13.2 Å². The molecule has 25 heteroatoms. The number of nitrogens with zero attached hydrogens (tertiary/aromatic N) is 1. The van der Waals surface area contributed by atoms with Crippen LogP contribution < -0.4 is 26.6 Å². The van der Waals surface area contributed by atoms with Crippen LogP contribution in [-0.4, -0.2) is 154 Å². The smallest absolute Gasteiger partial charge is 0.256 e. The Morgan fingerprint density at radius 3 is 1.29 bits per heavy atom. The van der Waals surface area contributed by atoms with E-state index in [1.165, 1.54) is 4.90 Å². The Hall–Kier alpha value is -0.640. The number of carbonyl (C=O) groups is 6. The molecule has 0 aromatic heterocycles. The van der Waals surface area contributed by atoms with Crippen LogP contribution in [0.4, 0.5) is 11.4 Å². The Labute approximate surface area is 401 Å². The largest absolute Gasteiger partial charge is 0.395 e. The molecule has 0 spiro atoms. The lowest BCUT2D eigenvalue weighted by molar-refractivity contribution is -0.119. The summed E-state index contributed by atoms with van der Waals surface area (Å²) in [6.07, 6.45) is -2.38. The predicted octanol–water partition coefficient (Wildman–Crippen LogP) is -0.404. The van der Waals surface area contributed by atoms with Gasteiger partial charge in [0.15, 0.2) is 0 Å². The zero-order chi connectivity index (χ0) is 42.4. The molecule has 12 N–H and O–H groups in total. The second-order valence-electron chi connectivity index (χ2n) is 11.3. The van der Waals surface area contributed by atoms with Crippen molar-refractivity contribution in [2.45, 2.75) is 18.6 Å². The number of hydrogen-bond acceptors (Lipinski definition) is 13. The maximum absolute atomic E-state index is 14.1. The third kappa shape index (κ3) is 13.7. The molecule has 0 aliphatic heterocycles. The summed E-state index contributed by atoms with van der Waals surface area (Å²) in [6, 6.07) is 0. The minimum atomic E-state index is -1.26. The molecular weight excluding hydrogens is 1430 g/mol. The molecular formula is C31H36I6N6O13. The van der Waals surface area contributed by atoms with Crippen LogP contribution in [0.15, 0.2) is 0 Å². The van der Waals surface area contributed by atoms with Crippen LogP contribution in [0.2, 0.25) is 0 Å². The Balaban J connectivity index is 2.46. The van der Waals surface area contributed by atoms with E-state index in [-0.39, 0.29) is 94.2 Å². The normalized spacial score (nSPS) is 12.0. The molecule has 0 bridgehead atoms. The molecule has 0 heterocycles. The fraction of sp³-hybridized carbons (Fsp3) is 0.419. The molecule has 2 rings (SSSR count). The maximum Gasteiger partial charge on any atom is 0.256 e. The van der Waals surface area contributed by atoms with Gasteiger partial charge in [0, 0.05) is 39.9 Å². The fourth-order valence-corrected chi connectivity index (χ4v) is 13.4. The van der Waals surface area contributed by atoms with Gasteiger partial charge in [-0.15, -0.1) is 0 Å². The molecule has 0 saturated carbocycles. The van der Waals surface area contributed by atoms with Crippen molar-refractivity contribution in [2.75, 3.05) is 76.4 Å². The molecule has 2 aromatic carbocycles. The van der Waals surface area contributed by atoms with Crippen LogP contribution >= 0.6 is 136 Å². The maximum atomic E-state index is 14.1. The van der Waals surface area contributed by atoms with Crippen LogP contribution in [-0.2, 0) is 9.59 Å². The van der Waals surface area contributed by atoms with E-state index in [4.69, 9.17) is 5.11 Å². The summed E-state index contributed by atoms with van der Waals surface area (Å²) in [4.78, 5) is 80.1. The van der Waals surface area contributed by atoms with Gasteiger partial charge in [0.2, 0.25) is 11.8 Å². The van der Waals surface area contributed by atoms with E-state index in [0.717, 1.165) is 0 Å². The first-order valence-corrected chi connectivity index (χ1v) is 22.4. The van der Waals surface area contributed by atoms with E-state index in [1.54, 1.807) is 67.8 Å². The van der Waals surface area contributed by atoms with Crippen molar-refractivity contribution < 1.29 is 64.5 Å². The zero-order valence-corrected chi connectivity index (χ0v) is 41.7. The number of nitrogens with one attached hydrogen (secondary N) is 5. The molecule has 2 unspecified atom stereocenters. The summed E-state index contributed by atoms with van der Waals surface area (Å²) in [5, 5.41) is 79.1.